The fourth-order valence-corrected chi connectivity index (χ4v) is 16.3. The van der Waals surface area contributed by atoms with Gasteiger partial charge in [0.1, 0.15) is 0 Å². The lowest BCUT2D eigenvalue weighted by Gasteiger charge is -2.42. The Balaban J connectivity index is 0.975. The van der Waals surface area contributed by atoms with Crippen LogP contribution >= 0.6 is 11.8 Å². The minimum atomic E-state index is -0.162. The highest BCUT2D eigenvalue weighted by Gasteiger charge is 2.43. The van der Waals surface area contributed by atoms with Crippen LogP contribution in [0.2, 0.25) is 0 Å². The van der Waals surface area contributed by atoms with Gasteiger partial charge in [0, 0.05) is 82.3 Å². The molecule has 5 nitrogen and oxygen atoms in total. The molecule has 0 fully saturated rings. The summed E-state index contributed by atoms with van der Waals surface area (Å²) >= 11 is 1.89. The van der Waals surface area contributed by atoms with Gasteiger partial charge in [-0.3, -0.25) is 0 Å². The Bertz CT molecular complexity index is 5320. The first-order valence-electron chi connectivity index (χ1n) is 33.8. The van der Waals surface area contributed by atoms with Crippen LogP contribution in [0.1, 0.15) is 111 Å². The summed E-state index contributed by atoms with van der Waals surface area (Å²) in [5.74, 6) is 0. The molecule has 0 radical (unpaired) electrons. The van der Waals surface area contributed by atoms with Crippen molar-refractivity contribution in [3.63, 3.8) is 0 Å². The molecule has 2 aromatic heterocycles. The van der Waals surface area contributed by atoms with E-state index in [0.29, 0.717) is 5.56 Å². The van der Waals surface area contributed by atoms with Crippen molar-refractivity contribution in [1.82, 2.24) is 9.13 Å². The number of nitrogens with zero attached hydrogens (tertiary/aromatic N) is 5. The highest BCUT2D eigenvalue weighted by atomic mass is 32.2. The Morgan fingerprint density at radius 1 is 0.354 bits per heavy atom. The molecule has 12 aromatic carbocycles. The molecule has 16 rings (SSSR count). The van der Waals surface area contributed by atoms with Crippen LogP contribution < -0.4 is 26.2 Å². The lowest BCUT2D eigenvalue weighted by molar-refractivity contribution is 0.590. The van der Waals surface area contributed by atoms with Crippen LogP contribution in [0, 0.1) is 11.3 Å². The van der Waals surface area contributed by atoms with Gasteiger partial charge >= 0.3 is 0 Å². The summed E-state index contributed by atoms with van der Waals surface area (Å²) in [6.45, 7) is 27.5. The maximum Gasteiger partial charge on any atom is 0.249 e. The number of para-hydroxylation sites is 3. The number of nitriles is 1. The first kappa shape index (κ1) is 60.7. The van der Waals surface area contributed by atoms with Gasteiger partial charge in [0.25, 0.3) is 0 Å². The molecular formula is C89H78BN5S. The van der Waals surface area contributed by atoms with E-state index in [1.54, 1.807) is 0 Å². The van der Waals surface area contributed by atoms with Crippen LogP contribution in [0.15, 0.2) is 265 Å². The third kappa shape index (κ3) is 10.1. The lowest BCUT2D eigenvalue weighted by Crippen LogP contribution is -2.59. The number of fused-ring (bicyclic) bond motifs is 10. The van der Waals surface area contributed by atoms with E-state index in [4.69, 9.17) is 0 Å². The molecule has 0 saturated heterocycles. The largest absolute Gasteiger partial charge is 0.311 e. The van der Waals surface area contributed by atoms with Crippen LogP contribution in [0.5, 0.6) is 0 Å². The molecule has 2 aliphatic heterocycles. The summed E-state index contributed by atoms with van der Waals surface area (Å²) in [4.78, 5) is 7.45. The number of rotatable bonds is 8. The Kier molecular flexibility index (Phi) is 14.2. The third-order valence-electron chi connectivity index (χ3n) is 20.2. The molecule has 0 aliphatic carbocycles. The predicted octanol–water partition coefficient (Wildman–Crippen LogP) is 22.5. The molecule has 14 aromatic rings. The lowest BCUT2D eigenvalue weighted by atomic mass is 9.34. The molecule has 0 amide bonds. The molecule has 7 heteroatoms. The second-order valence-electron chi connectivity index (χ2n) is 30.6. The van der Waals surface area contributed by atoms with Gasteiger partial charge in [0.2, 0.25) is 6.71 Å². The van der Waals surface area contributed by atoms with Crippen molar-refractivity contribution in [2.75, 3.05) is 9.80 Å². The van der Waals surface area contributed by atoms with Gasteiger partial charge in [-0.2, -0.15) is 5.26 Å². The fourth-order valence-electron chi connectivity index (χ4n) is 15.1. The molecule has 4 heterocycles. The van der Waals surface area contributed by atoms with E-state index < -0.39 is 0 Å². The van der Waals surface area contributed by atoms with Crippen molar-refractivity contribution in [3.05, 3.63) is 283 Å². The molecule has 0 bridgehead atoms. The van der Waals surface area contributed by atoms with Crippen molar-refractivity contribution in [3.8, 4) is 39.7 Å². The Morgan fingerprint density at radius 2 is 0.854 bits per heavy atom. The van der Waals surface area contributed by atoms with E-state index in [-0.39, 0.29) is 28.4 Å². The maximum absolute atomic E-state index is 11.2. The van der Waals surface area contributed by atoms with Gasteiger partial charge in [-0.15, -0.1) is 0 Å². The van der Waals surface area contributed by atoms with Gasteiger partial charge in [-0.1, -0.05) is 240 Å². The zero-order valence-corrected chi connectivity index (χ0v) is 57.8. The van der Waals surface area contributed by atoms with Gasteiger partial charge in [-0.05, 0) is 181 Å². The summed E-state index contributed by atoms with van der Waals surface area (Å²) in [5, 5.41) is 16.2. The van der Waals surface area contributed by atoms with E-state index in [2.05, 4.69) is 357 Å². The number of hydrogen-bond acceptors (Lipinski definition) is 4. The van der Waals surface area contributed by atoms with Gasteiger partial charge in [0.05, 0.1) is 39.4 Å². The summed E-state index contributed by atoms with van der Waals surface area (Å²) in [5.41, 5.74) is 26.7. The maximum atomic E-state index is 11.2. The van der Waals surface area contributed by atoms with Crippen LogP contribution in [-0.4, -0.2) is 15.8 Å². The van der Waals surface area contributed by atoms with E-state index in [1.807, 2.05) is 17.8 Å². The predicted molar refractivity (Wildman–Crippen MR) is 410 cm³/mol. The molecule has 0 N–H and O–H groups in total. The molecule has 0 unspecified atom stereocenters. The smallest absolute Gasteiger partial charge is 0.249 e. The molecular weight excluding hydrogens is 1180 g/mol. The number of hydrogen-bond donors (Lipinski definition) is 0. The quantitative estimate of drug-likeness (QED) is 0.142. The second-order valence-corrected chi connectivity index (χ2v) is 31.6. The molecule has 2 aliphatic rings. The minimum Gasteiger partial charge on any atom is -0.311 e. The molecule has 0 atom stereocenters. The van der Waals surface area contributed by atoms with E-state index in [9.17, 15) is 5.26 Å². The Labute approximate surface area is 570 Å². The Hall–Kier alpha value is -10.3. The topological polar surface area (TPSA) is 40.1 Å². The SMILES string of the molecule is CC(C)(C)c1ccc(N(c2ccc(C(C)(C)C)cc2)c2cc3c4c(c2)N(c2ccccc2-c2ccccc2)c2cc(-c5cc(-n6c7ccccc7c7ccccc76)ccc5C#N)ccc2B4c2ccc(-n4c5ccc(C(C)(C)C)cc5c5cc(C(C)(C)C)ccc54)cc2S3)cc1. The number of anilines is 6. The Morgan fingerprint density at radius 3 is 1.43 bits per heavy atom. The first-order valence-corrected chi connectivity index (χ1v) is 34.6. The molecule has 468 valence electrons. The zero-order valence-electron chi connectivity index (χ0n) is 57.0. The molecule has 96 heavy (non-hydrogen) atoms. The molecule has 0 spiro atoms. The van der Waals surface area contributed by atoms with Crippen LogP contribution in [0.4, 0.5) is 34.1 Å². The normalized spacial score (nSPS) is 13.1. The molecule has 0 saturated carbocycles. The summed E-state index contributed by atoms with van der Waals surface area (Å²) in [6.07, 6.45) is 0. The number of aromatic nitrogens is 2. The van der Waals surface area contributed by atoms with Crippen molar-refractivity contribution >= 4 is 113 Å². The van der Waals surface area contributed by atoms with Crippen LogP contribution in [-0.2, 0) is 21.7 Å². The fraction of sp³-hybridized carbons (Fsp3) is 0.180. The van der Waals surface area contributed by atoms with Crippen molar-refractivity contribution in [1.29, 1.82) is 5.26 Å². The van der Waals surface area contributed by atoms with E-state index >= 15 is 0 Å². The first-order chi connectivity index (χ1) is 46.1. The average Bonchev–Trinajstić information content (AvgIpc) is 0.814. The highest BCUT2D eigenvalue weighted by Crippen LogP contribution is 2.50. The van der Waals surface area contributed by atoms with Crippen LogP contribution in [0.3, 0.4) is 0 Å². The van der Waals surface area contributed by atoms with Crippen molar-refractivity contribution in [2.24, 2.45) is 0 Å². The summed E-state index contributed by atoms with van der Waals surface area (Å²) in [7, 11) is 0. The van der Waals surface area contributed by atoms with Gasteiger partial charge in [-0.25, -0.2) is 0 Å². The third-order valence-corrected chi connectivity index (χ3v) is 21.4. The standard InChI is InChI=1S/C89H78BN5S/c1-86(2,3)59-32-39-63(40-33-59)92(64-41-34-60(35-42-64)87(4,5)6)67-52-82-85-84(54-67)96-83-53-66(94-79-46-36-61(88(7,8)9)49-72(79)73-50-62(89(10,11)12)37-47-80(73)94)43-45-75(83)90(85)74-44-31-57(48-81(74)95(82)76-27-19-16-24-68(76)56-22-14-13-15-23-56)71-51-65(38-30-58(71)55-91)93-77-28-20-17-25-69(77)70-26-18-21-29-78(70)93/h13-54H,1-12H3. The highest BCUT2D eigenvalue weighted by molar-refractivity contribution is 8.00. The monoisotopic (exact) mass is 1260 g/mol. The summed E-state index contributed by atoms with van der Waals surface area (Å²) in [6, 6.07) is 98.1. The van der Waals surface area contributed by atoms with E-state index in [1.165, 1.54) is 81.0 Å². The average molecular weight is 1260 g/mol. The zero-order chi connectivity index (χ0) is 66.3. The van der Waals surface area contributed by atoms with E-state index in [0.717, 1.165) is 78.8 Å². The number of benzene rings is 12. The van der Waals surface area contributed by atoms with Gasteiger partial charge < -0.3 is 18.9 Å². The second kappa shape index (κ2) is 22.4. The summed E-state index contributed by atoms with van der Waals surface area (Å²) < 4.78 is 4.86. The van der Waals surface area contributed by atoms with Gasteiger partial charge in [0.15, 0.2) is 0 Å². The van der Waals surface area contributed by atoms with Crippen molar-refractivity contribution in [2.45, 2.75) is 115 Å². The minimum absolute atomic E-state index is 0.0229. The van der Waals surface area contributed by atoms with Crippen molar-refractivity contribution < 1.29 is 0 Å². The van der Waals surface area contributed by atoms with Crippen LogP contribution in [0.25, 0.3) is 77.2 Å².